The molecule has 0 unspecified atom stereocenters. The minimum absolute atomic E-state index is 0.0369. The quantitative estimate of drug-likeness (QED) is 0.727. The summed E-state index contributed by atoms with van der Waals surface area (Å²) >= 11 is 0. The second-order valence-corrected chi connectivity index (χ2v) is 7.84. The molecule has 0 radical (unpaired) electrons. The highest BCUT2D eigenvalue weighted by Gasteiger charge is 2.28. The Balaban J connectivity index is 1.65. The molecule has 7 nitrogen and oxygen atoms in total. The molecule has 0 saturated carbocycles. The van der Waals surface area contributed by atoms with Gasteiger partial charge in [0, 0.05) is 25.4 Å². The Kier molecular flexibility index (Phi) is 7.73. The first-order valence-corrected chi connectivity index (χ1v) is 10.6. The molecule has 2 N–H and O–H groups in total. The van der Waals surface area contributed by atoms with Crippen molar-refractivity contribution < 1.29 is 19.4 Å². The van der Waals surface area contributed by atoms with Crippen LogP contribution in [0, 0.1) is 17.2 Å². The van der Waals surface area contributed by atoms with Gasteiger partial charge in [-0.1, -0.05) is 13.3 Å². The number of likely N-dealkylation sites (tertiary alicyclic amines) is 1. The predicted molar refractivity (Wildman–Crippen MR) is 109 cm³/mol. The van der Waals surface area contributed by atoms with E-state index in [1.165, 1.54) is 0 Å². The molecule has 1 saturated heterocycles. The lowest BCUT2D eigenvalue weighted by Crippen LogP contribution is -2.47. The molecule has 2 heterocycles. The predicted octanol–water partition coefficient (Wildman–Crippen LogP) is 2.13. The van der Waals surface area contributed by atoms with Crippen LogP contribution in [-0.4, -0.2) is 61.4 Å². The highest BCUT2D eigenvalue weighted by molar-refractivity contribution is 5.98. The largest absolute Gasteiger partial charge is 0.490 e. The van der Waals surface area contributed by atoms with Crippen molar-refractivity contribution in [2.24, 2.45) is 5.92 Å². The summed E-state index contributed by atoms with van der Waals surface area (Å²) in [5.41, 5.74) is 1.12. The van der Waals surface area contributed by atoms with Crippen molar-refractivity contribution in [3.63, 3.8) is 0 Å². The Bertz CT molecular complexity index is 746. The highest BCUT2D eigenvalue weighted by Crippen LogP contribution is 2.35. The van der Waals surface area contributed by atoms with E-state index in [0.29, 0.717) is 43.4 Å². The van der Waals surface area contributed by atoms with Crippen LogP contribution >= 0.6 is 0 Å². The lowest BCUT2D eigenvalue weighted by atomic mass is 9.93. The van der Waals surface area contributed by atoms with Crippen molar-refractivity contribution in [1.29, 1.82) is 5.26 Å². The molecule has 7 heteroatoms. The monoisotopic (exact) mass is 401 g/mol. The van der Waals surface area contributed by atoms with Gasteiger partial charge >= 0.3 is 0 Å². The van der Waals surface area contributed by atoms with Gasteiger partial charge in [-0.3, -0.25) is 4.79 Å². The van der Waals surface area contributed by atoms with Gasteiger partial charge in [0.2, 0.25) is 0 Å². The topological polar surface area (TPSA) is 94.8 Å². The van der Waals surface area contributed by atoms with Gasteiger partial charge in [0.1, 0.15) is 0 Å². The molecule has 2 aliphatic rings. The summed E-state index contributed by atoms with van der Waals surface area (Å²) in [7, 11) is 0. The van der Waals surface area contributed by atoms with Gasteiger partial charge in [-0.2, -0.15) is 5.26 Å². The first-order chi connectivity index (χ1) is 14.1. The molecule has 1 fully saturated rings. The number of rotatable bonds is 7. The Morgan fingerprint density at radius 2 is 2.21 bits per heavy atom. The number of carbonyl (C=O) groups is 1. The molecule has 0 aromatic heterocycles. The zero-order valence-corrected chi connectivity index (χ0v) is 17.2. The molecule has 0 spiro atoms. The third kappa shape index (κ3) is 5.62. The zero-order valence-electron chi connectivity index (χ0n) is 17.2. The maximum Gasteiger partial charge on any atom is 0.255 e. The minimum Gasteiger partial charge on any atom is -0.490 e. The van der Waals surface area contributed by atoms with Crippen LogP contribution in [0.2, 0.25) is 0 Å². The van der Waals surface area contributed by atoms with E-state index >= 15 is 0 Å². The number of nitrogens with zero attached hydrogens (tertiary/aromatic N) is 2. The Morgan fingerprint density at radius 3 is 2.97 bits per heavy atom. The van der Waals surface area contributed by atoms with Crippen LogP contribution in [0.25, 0.3) is 0 Å². The van der Waals surface area contributed by atoms with Crippen LogP contribution in [0.5, 0.6) is 11.5 Å². The second-order valence-electron chi connectivity index (χ2n) is 7.84. The van der Waals surface area contributed by atoms with Crippen molar-refractivity contribution in [3.8, 4) is 17.6 Å². The highest BCUT2D eigenvalue weighted by atomic mass is 16.5. The first kappa shape index (κ1) is 21.4. The maximum atomic E-state index is 12.9. The molecular formula is C22H31N3O4. The number of benzene rings is 1. The maximum absolute atomic E-state index is 12.9. The second kappa shape index (κ2) is 10.5. The summed E-state index contributed by atoms with van der Waals surface area (Å²) in [6.45, 7) is 6.21. The Hall–Kier alpha value is -2.30. The van der Waals surface area contributed by atoms with Gasteiger partial charge in [-0.15, -0.1) is 0 Å². The van der Waals surface area contributed by atoms with Gasteiger partial charge in [-0.25, -0.2) is 0 Å². The number of piperidine rings is 1. The van der Waals surface area contributed by atoms with Crippen molar-refractivity contribution in [2.75, 3.05) is 39.4 Å². The minimum atomic E-state index is -0.442. The lowest BCUT2D eigenvalue weighted by molar-refractivity contribution is 0.0217. The van der Waals surface area contributed by atoms with E-state index in [4.69, 9.17) is 14.7 Å². The van der Waals surface area contributed by atoms with E-state index in [-0.39, 0.29) is 18.2 Å². The van der Waals surface area contributed by atoms with Crippen LogP contribution in [0.1, 0.15) is 48.5 Å². The zero-order chi connectivity index (χ0) is 20.6. The average Bonchev–Trinajstić information content (AvgIpc) is 2.96. The number of aliphatic hydroxyl groups excluding tert-OH is 1. The number of nitrogens with one attached hydrogen (secondary N) is 1. The average molecular weight is 402 g/mol. The van der Waals surface area contributed by atoms with Crippen LogP contribution in [0.15, 0.2) is 12.1 Å². The number of hydrogen-bond acceptors (Lipinski definition) is 6. The van der Waals surface area contributed by atoms with Crippen LogP contribution < -0.4 is 14.8 Å². The van der Waals surface area contributed by atoms with Crippen molar-refractivity contribution in [2.45, 2.75) is 45.1 Å². The number of nitriles is 1. The van der Waals surface area contributed by atoms with Crippen LogP contribution in [0.4, 0.5) is 0 Å². The number of hydrogen-bond donors (Lipinski definition) is 2. The summed E-state index contributed by atoms with van der Waals surface area (Å²) < 4.78 is 11.5. The molecule has 0 aliphatic carbocycles. The summed E-state index contributed by atoms with van der Waals surface area (Å²) in [6.07, 6.45) is 3.64. The third-order valence-corrected chi connectivity index (χ3v) is 5.59. The van der Waals surface area contributed by atoms with Gasteiger partial charge in [-0.05, 0) is 43.6 Å². The summed E-state index contributed by atoms with van der Waals surface area (Å²) in [4.78, 5) is 15.2. The summed E-state index contributed by atoms with van der Waals surface area (Å²) in [6, 6.07) is 5.59. The number of aliphatic hydroxyl groups is 1. The molecular weight excluding hydrogens is 370 g/mol. The number of fused-ring (bicyclic) bond motifs is 1. The van der Waals surface area contributed by atoms with Gasteiger partial charge < -0.3 is 24.8 Å². The normalized spacial score (nSPS) is 21.8. The van der Waals surface area contributed by atoms with Crippen LogP contribution in [-0.2, 0) is 6.42 Å². The molecule has 1 aromatic rings. The summed E-state index contributed by atoms with van der Waals surface area (Å²) in [5, 5.41) is 22.5. The Morgan fingerprint density at radius 1 is 1.38 bits per heavy atom. The smallest absolute Gasteiger partial charge is 0.255 e. The van der Waals surface area contributed by atoms with Gasteiger partial charge in [0.05, 0.1) is 37.4 Å². The fraction of sp³-hybridized carbons (Fsp3) is 0.636. The van der Waals surface area contributed by atoms with E-state index in [9.17, 15) is 9.90 Å². The number of unbranched alkanes of at least 4 members (excludes halogenated alkanes) is 1. The molecule has 1 amide bonds. The molecule has 2 atom stereocenters. The fourth-order valence-corrected chi connectivity index (χ4v) is 3.88. The van der Waals surface area contributed by atoms with E-state index in [1.807, 2.05) is 0 Å². The molecule has 158 valence electrons. The number of amides is 1. The van der Waals surface area contributed by atoms with Crippen molar-refractivity contribution >= 4 is 5.91 Å². The number of carbonyl (C=O) groups excluding carboxylic acids is 1. The van der Waals surface area contributed by atoms with E-state index < -0.39 is 6.10 Å². The number of β-amino-alcohol motifs (C(OH)–C–C–N with tert-alkyl or cyclic N) is 1. The van der Waals surface area contributed by atoms with Crippen molar-refractivity contribution in [3.05, 3.63) is 23.3 Å². The lowest BCUT2D eigenvalue weighted by Gasteiger charge is -2.36. The van der Waals surface area contributed by atoms with E-state index in [2.05, 4.69) is 23.2 Å². The summed E-state index contributed by atoms with van der Waals surface area (Å²) in [5.74, 6) is 0.739. The third-order valence-electron chi connectivity index (χ3n) is 5.59. The molecule has 1 aromatic carbocycles. The van der Waals surface area contributed by atoms with Crippen LogP contribution in [0.3, 0.4) is 0 Å². The standard InChI is InChI=1S/C22H31N3O4/c1-2-3-8-25-9-6-17(19(26)15-25)14-24-22(27)18-12-16(5-7-23)13-20-21(18)29-11-4-10-28-20/h12-13,17,19,26H,2-6,8-11,14-15H2,1H3,(H,24,27)/t17-,19+/m0/s1. The molecule has 2 aliphatic heterocycles. The molecule has 3 rings (SSSR count). The Labute approximate surface area is 172 Å². The first-order valence-electron chi connectivity index (χ1n) is 10.6. The van der Waals surface area contributed by atoms with Gasteiger partial charge in [0.15, 0.2) is 11.5 Å². The fourth-order valence-electron chi connectivity index (χ4n) is 3.88. The van der Waals surface area contributed by atoms with E-state index in [0.717, 1.165) is 44.3 Å². The molecule has 0 bridgehead atoms. The van der Waals surface area contributed by atoms with Gasteiger partial charge in [0.25, 0.3) is 5.91 Å². The molecule has 29 heavy (non-hydrogen) atoms. The SMILES string of the molecule is CCCCN1CC[C@@H](CNC(=O)c2cc(CC#N)cc3c2OCCCO3)[C@H](O)C1. The van der Waals surface area contributed by atoms with E-state index in [1.54, 1.807) is 12.1 Å². The number of ether oxygens (including phenoxy) is 2. The van der Waals surface area contributed by atoms with Crippen molar-refractivity contribution in [1.82, 2.24) is 10.2 Å².